The number of rotatable bonds is 3. The largest absolute Gasteiger partial charge is 0.365 e. The van der Waals surface area contributed by atoms with Crippen molar-refractivity contribution in [3.63, 3.8) is 0 Å². The van der Waals surface area contributed by atoms with Gasteiger partial charge in [0.1, 0.15) is 5.82 Å². The molecule has 7 heteroatoms. The maximum atomic E-state index is 6.09. The van der Waals surface area contributed by atoms with Gasteiger partial charge in [-0.1, -0.05) is 23.2 Å². The highest BCUT2D eigenvalue weighted by Gasteiger charge is 2.16. The number of hydrazine groups is 1. The SMILES string of the molecule is NNc1nc(NC2CCCSC2)c(Cl)cc1Cl. The van der Waals surface area contributed by atoms with Crippen molar-refractivity contribution in [3.8, 4) is 0 Å². The molecule has 0 spiro atoms. The highest BCUT2D eigenvalue weighted by Crippen LogP contribution is 2.30. The van der Waals surface area contributed by atoms with Crippen LogP contribution in [0.2, 0.25) is 10.0 Å². The number of anilines is 2. The Labute approximate surface area is 115 Å². The van der Waals surface area contributed by atoms with Crippen LogP contribution in [-0.2, 0) is 0 Å². The van der Waals surface area contributed by atoms with Gasteiger partial charge in [-0.05, 0) is 24.7 Å². The van der Waals surface area contributed by atoms with Crippen molar-refractivity contribution < 1.29 is 0 Å². The first kappa shape index (κ1) is 13.1. The summed E-state index contributed by atoms with van der Waals surface area (Å²) in [6, 6.07) is 2.05. The summed E-state index contributed by atoms with van der Waals surface area (Å²) in [4.78, 5) is 4.26. The van der Waals surface area contributed by atoms with Crippen LogP contribution in [0.1, 0.15) is 12.8 Å². The van der Waals surface area contributed by atoms with Gasteiger partial charge in [0.05, 0.1) is 10.0 Å². The average molecular weight is 293 g/mol. The third-order valence-corrected chi connectivity index (χ3v) is 4.36. The highest BCUT2D eigenvalue weighted by atomic mass is 35.5. The molecule has 1 aromatic rings. The molecule has 2 heterocycles. The molecule has 4 nitrogen and oxygen atoms in total. The van der Waals surface area contributed by atoms with Crippen molar-refractivity contribution >= 4 is 46.6 Å². The van der Waals surface area contributed by atoms with E-state index in [0.29, 0.717) is 27.7 Å². The highest BCUT2D eigenvalue weighted by molar-refractivity contribution is 7.99. The molecule has 1 aliphatic heterocycles. The fraction of sp³-hybridized carbons (Fsp3) is 0.500. The third kappa shape index (κ3) is 3.31. The second-order valence-electron chi connectivity index (χ2n) is 3.85. The Kier molecular flexibility index (Phi) is 4.62. The number of pyridine rings is 1. The van der Waals surface area contributed by atoms with Crippen LogP contribution < -0.4 is 16.6 Å². The molecule has 2 rings (SSSR count). The van der Waals surface area contributed by atoms with E-state index in [1.54, 1.807) is 6.07 Å². The lowest BCUT2D eigenvalue weighted by Crippen LogP contribution is -2.26. The molecular formula is C10H14Cl2N4S. The van der Waals surface area contributed by atoms with E-state index in [-0.39, 0.29) is 0 Å². The molecule has 1 saturated heterocycles. The van der Waals surface area contributed by atoms with Crippen LogP contribution in [0.25, 0.3) is 0 Å². The van der Waals surface area contributed by atoms with Gasteiger partial charge in [0, 0.05) is 11.8 Å². The van der Waals surface area contributed by atoms with Gasteiger partial charge in [-0.15, -0.1) is 0 Å². The molecule has 0 saturated carbocycles. The predicted molar refractivity (Wildman–Crippen MR) is 76.0 cm³/mol. The topological polar surface area (TPSA) is 63.0 Å². The molecule has 0 aliphatic carbocycles. The number of aromatic nitrogens is 1. The summed E-state index contributed by atoms with van der Waals surface area (Å²) in [5.41, 5.74) is 2.45. The first-order chi connectivity index (χ1) is 8.20. The van der Waals surface area contributed by atoms with E-state index in [1.165, 1.54) is 12.2 Å². The third-order valence-electron chi connectivity index (χ3n) is 2.57. The smallest absolute Gasteiger partial charge is 0.161 e. The zero-order chi connectivity index (χ0) is 12.3. The minimum atomic E-state index is 0.408. The van der Waals surface area contributed by atoms with Crippen molar-refractivity contribution in [2.24, 2.45) is 5.84 Å². The minimum Gasteiger partial charge on any atom is -0.365 e. The number of hydrogen-bond acceptors (Lipinski definition) is 5. The summed E-state index contributed by atoms with van der Waals surface area (Å²) in [5, 5.41) is 4.27. The van der Waals surface area contributed by atoms with Gasteiger partial charge in [-0.25, -0.2) is 10.8 Å². The molecule has 1 aromatic heterocycles. The van der Waals surface area contributed by atoms with Gasteiger partial charge in [0.25, 0.3) is 0 Å². The number of thioether (sulfide) groups is 1. The van der Waals surface area contributed by atoms with E-state index in [2.05, 4.69) is 15.7 Å². The number of nitrogens with zero attached hydrogens (tertiary/aromatic N) is 1. The van der Waals surface area contributed by atoms with E-state index < -0.39 is 0 Å². The summed E-state index contributed by atoms with van der Waals surface area (Å²) in [6.07, 6.45) is 2.36. The van der Waals surface area contributed by atoms with Gasteiger partial charge in [-0.3, -0.25) is 0 Å². The summed E-state index contributed by atoms with van der Waals surface area (Å²) in [7, 11) is 0. The van der Waals surface area contributed by atoms with Crippen molar-refractivity contribution in [2.45, 2.75) is 18.9 Å². The maximum Gasteiger partial charge on any atom is 0.161 e. The van der Waals surface area contributed by atoms with E-state index in [0.717, 1.165) is 12.2 Å². The van der Waals surface area contributed by atoms with Crippen LogP contribution in [0, 0.1) is 0 Å². The van der Waals surface area contributed by atoms with Crippen LogP contribution in [0.5, 0.6) is 0 Å². The molecule has 1 unspecified atom stereocenters. The lowest BCUT2D eigenvalue weighted by molar-refractivity contribution is 0.682. The summed E-state index contributed by atoms with van der Waals surface area (Å²) in [5.74, 6) is 8.71. The molecular weight excluding hydrogens is 279 g/mol. The van der Waals surface area contributed by atoms with Crippen LogP contribution in [0.4, 0.5) is 11.6 Å². The van der Waals surface area contributed by atoms with E-state index in [9.17, 15) is 0 Å². The summed E-state index contributed by atoms with van der Waals surface area (Å²) < 4.78 is 0. The summed E-state index contributed by atoms with van der Waals surface area (Å²) >= 11 is 14.0. The van der Waals surface area contributed by atoms with Crippen LogP contribution in [-0.4, -0.2) is 22.5 Å². The molecule has 0 radical (unpaired) electrons. The Hall–Kier alpha value is -0.360. The van der Waals surface area contributed by atoms with Crippen molar-refractivity contribution in [1.29, 1.82) is 0 Å². The van der Waals surface area contributed by atoms with Crippen LogP contribution >= 0.6 is 35.0 Å². The fourth-order valence-corrected chi connectivity index (χ4v) is 3.26. The standard InChI is InChI=1S/C10H14Cl2N4S/c11-7-4-8(12)10(16-13)15-9(7)14-6-2-1-3-17-5-6/h4,6H,1-3,5,13H2,(H2,14,15,16). The van der Waals surface area contributed by atoms with Crippen molar-refractivity contribution in [3.05, 3.63) is 16.1 Å². The van der Waals surface area contributed by atoms with Gasteiger partial charge in [0.2, 0.25) is 0 Å². The Morgan fingerprint density at radius 1 is 1.35 bits per heavy atom. The predicted octanol–water partition coefficient (Wildman–Crippen LogP) is 2.98. The van der Waals surface area contributed by atoms with E-state index in [1.807, 2.05) is 11.8 Å². The molecule has 94 valence electrons. The Morgan fingerprint density at radius 3 is 2.76 bits per heavy atom. The average Bonchev–Trinajstić information content (AvgIpc) is 2.34. The number of nitrogen functional groups attached to an aromatic ring is 1. The molecule has 0 bridgehead atoms. The quantitative estimate of drug-likeness (QED) is 0.590. The van der Waals surface area contributed by atoms with Gasteiger partial charge < -0.3 is 10.7 Å². The first-order valence-electron chi connectivity index (χ1n) is 5.37. The second kappa shape index (κ2) is 6.00. The van der Waals surface area contributed by atoms with Crippen molar-refractivity contribution in [2.75, 3.05) is 22.2 Å². The Balaban J connectivity index is 2.13. The number of halogens is 2. The number of nitrogens with two attached hydrogens (primary N) is 1. The van der Waals surface area contributed by atoms with Gasteiger partial charge in [-0.2, -0.15) is 11.8 Å². The Bertz CT molecular complexity index is 396. The fourth-order valence-electron chi connectivity index (χ4n) is 1.72. The second-order valence-corrected chi connectivity index (χ2v) is 5.82. The zero-order valence-corrected chi connectivity index (χ0v) is 11.5. The van der Waals surface area contributed by atoms with E-state index in [4.69, 9.17) is 29.0 Å². The van der Waals surface area contributed by atoms with Crippen LogP contribution in [0.3, 0.4) is 0 Å². The van der Waals surface area contributed by atoms with Gasteiger partial charge >= 0.3 is 0 Å². The molecule has 0 amide bonds. The molecule has 4 N–H and O–H groups in total. The van der Waals surface area contributed by atoms with Gasteiger partial charge in [0.15, 0.2) is 5.82 Å². The normalized spacial score (nSPS) is 20.1. The minimum absolute atomic E-state index is 0.408. The Morgan fingerprint density at radius 2 is 2.12 bits per heavy atom. The summed E-state index contributed by atoms with van der Waals surface area (Å²) in [6.45, 7) is 0. The maximum absolute atomic E-state index is 6.09. The molecule has 1 atom stereocenters. The van der Waals surface area contributed by atoms with E-state index >= 15 is 0 Å². The monoisotopic (exact) mass is 292 g/mol. The number of hydrogen-bond donors (Lipinski definition) is 3. The lowest BCUT2D eigenvalue weighted by atomic mass is 10.2. The molecule has 1 aliphatic rings. The van der Waals surface area contributed by atoms with Crippen molar-refractivity contribution in [1.82, 2.24) is 4.98 Å². The zero-order valence-electron chi connectivity index (χ0n) is 9.17. The number of nitrogens with one attached hydrogen (secondary N) is 2. The molecule has 17 heavy (non-hydrogen) atoms. The van der Waals surface area contributed by atoms with Crippen LogP contribution in [0.15, 0.2) is 6.07 Å². The molecule has 0 aromatic carbocycles. The lowest BCUT2D eigenvalue weighted by Gasteiger charge is -2.23. The molecule has 1 fully saturated rings. The first-order valence-corrected chi connectivity index (χ1v) is 7.28.